The Kier molecular flexibility index (Phi) is 4.10. The molecule has 0 aliphatic rings. The molecule has 3 nitrogen and oxygen atoms in total. The predicted molar refractivity (Wildman–Crippen MR) is 67.6 cm³/mol. The molecule has 1 N–H and O–H groups in total. The molecule has 0 atom stereocenters. The molecule has 1 heterocycles. The van der Waals surface area contributed by atoms with Gasteiger partial charge in [0.15, 0.2) is 0 Å². The van der Waals surface area contributed by atoms with E-state index in [1.807, 2.05) is 0 Å². The maximum Gasteiger partial charge on any atom is 0.343 e. The van der Waals surface area contributed by atoms with Crippen molar-refractivity contribution in [3.8, 4) is 0 Å². The van der Waals surface area contributed by atoms with Crippen molar-refractivity contribution in [3.63, 3.8) is 0 Å². The summed E-state index contributed by atoms with van der Waals surface area (Å²) in [7, 11) is 0. The molecule has 0 amide bonds. The number of hydrogen-bond donors (Lipinski definition) is 1. The average molecular weight is 322 g/mol. The smallest absolute Gasteiger partial charge is 0.343 e. The summed E-state index contributed by atoms with van der Waals surface area (Å²) in [5, 5.41) is 9.17. The number of carboxylic acid groups (broad SMARTS) is 1. The van der Waals surface area contributed by atoms with E-state index in [-0.39, 0.29) is 22.7 Å². The van der Waals surface area contributed by atoms with Crippen LogP contribution in [0.15, 0.2) is 0 Å². The second-order valence-electron chi connectivity index (χ2n) is 4.43. The first-order chi connectivity index (χ1) is 8.07. The maximum atomic E-state index is 13.4. The summed E-state index contributed by atoms with van der Waals surface area (Å²) in [6.45, 7) is 6.41. The highest BCUT2D eigenvalue weighted by atomic mass is 79.9. The average Bonchev–Trinajstić information content (AvgIpc) is 2.18. The minimum absolute atomic E-state index is 0.0167. The molecule has 0 fully saturated rings. The summed E-state index contributed by atoms with van der Waals surface area (Å²) in [6, 6.07) is 0. The third-order valence-electron chi connectivity index (χ3n) is 2.81. The highest BCUT2D eigenvalue weighted by Crippen LogP contribution is 2.38. The van der Waals surface area contributed by atoms with E-state index in [4.69, 9.17) is 0 Å². The van der Waals surface area contributed by atoms with Crippen LogP contribution in [-0.2, 0) is 4.83 Å². The lowest BCUT2D eigenvalue weighted by atomic mass is 9.95. The molecule has 1 aromatic heterocycles. The number of alkyl halides is 3. The van der Waals surface area contributed by atoms with Gasteiger partial charge in [-0.05, 0) is 46.8 Å². The van der Waals surface area contributed by atoms with Crippen molar-refractivity contribution < 1.29 is 18.7 Å². The van der Waals surface area contributed by atoms with Gasteiger partial charge in [0.2, 0.25) is 0 Å². The zero-order valence-corrected chi connectivity index (χ0v) is 12.1. The van der Waals surface area contributed by atoms with Gasteiger partial charge < -0.3 is 5.11 Å². The number of carbonyl (C=O) groups is 1. The van der Waals surface area contributed by atoms with Gasteiger partial charge in [-0.2, -0.15) is 8.78 Å². The quantitative estimate of drug-likeness (QED) is 0.857. The Balaban J connectivity index is 3.70. The number of hydrogen-bond acceptors (Lipinski definition) is 2. The van der Waals surface area contributed by atoms with E-state index < -0.39 is 16.5 Å². The minimum Gasteiger partial charge on any atom is -0.478 e. The second-order valence-corrected chi connectivity index (χ2v) is 5.42. The molecule has 0 spiro atoms. The maximum absolute atomic E-state index is 13.4. The summed E-state index contributed by atoms with van der Waals surface area (Å²) < 4.78 is 26.8. The summed E-state index contributed by atoms with van der Waals surface area (Å²) in [5.41, 5.74) is 0.297. The summed E-state index contributed by atoms with van der Waals surface area (Å²) in [5.74, 6) is -1.39. The molecule has 0 aromatic carbocycles. The highest BCUT2D eigenvalue weighted by molar-refractivity contribution is 9.09. The van der Waals surface area contributed by atoms with Crippen molar-refractivity contribution in [2.24, 2.45) is 0 Å². The van der Waals surface area contributed by atoms with Crippen molar-refractivity contribution in [1.82, 2.24) is 4.98 Å². The SMILES string of the molecule is Cc1c(C(F)(F)Br)nc(C(C)C)c(C(=O)O)c1C. The Bertz CT molecular complexity index is 496. The number of halogens is 3. The number of rotatable bonds is 3. The number of nitrogens with zero attached hydrogens (tertiary/aromatic N) is 1. The Morgan fingerprint density at radius 3 is 2.17 bits per heavy atom. The van der Waals surface area contributed by atoms with Crippen molar-refractivity contribution in [2.75, 3.05) is 0 Å². The fourth-order valence-corrected chi connectivity index (χ4v) is 2.17. The van der Waals surface area contributed by atoms with Crippen LogP contribution in [0, 0.1) is 13.8 Å². The Morgan fingerprint density at radius 1 is 1.33 bits per heavy atom. The van der Waals surface area contributed by atoms with E-state index in [2.05, 4.69) is 20.9 Å². The molecular weight excluding hydrogens is 308 g/mol. The Hall–Kier alpha value is -1.04. The van der Waals surface area contributed by atoms with Crippen LogP contribution < -0.4 is 0 Å². The topological polar surface area (TPSA) is 50.2 Å². The van der Waals surface area contributed by atoms with Crippen LogP contribution in [0.5, 0.6) is 0 Å². The number of pyridine rings is 1. The number of aromatic carboxylic acids is 1. The van der Waals surface area contributed by atoms with Gasteiger partial charge in [-0.15, -0.1) is 0 Å². The monoisotopic (exact) mass is 321 g/mol. The molecule has 18 heavy (non-hydrogen) atoms. The first-order valence-electron chi connectivity index (χ1n) is 5.39. The lowest BCUT2D eigenvalue weighted by Gasteiger charge is -2.19. The van der Waals surface area contributed by atoms with Crippen LogP contribution in [0.1, 0.15) is 52.6 Å². The highest BCUT2D eigenvalue weighted by Gasteiger charge is 2.34. The van der Waals surface area contributed by atoms with Crippen LogP contribution in [0.4, 0.5) is 8.78 Å². The zero-order chi connectivity index (χ0) is 14.2. The van der Waals surface area contributed by atoms with Gasteiger partial charge in [0.1, 0.15) is 5.69 Å². The fraction of sp³-hybridized carbons (Fsp3) is 0.500. The predicted octanol–water partition coefficient (Wildman–Crippen LogP) is 3.96. The van der Waals surface area contributed by atoms with E-state index in [0.29, 0.717) is 5.56 Å². The van der Waals surface area contributed by atoms with Gasteiger partial charge in [-0.25, -0.2) is 9.78 Å². The molecule has 0 saturated carbocycles. The first kappa shape index (κ1) is 15.0. The van der Waals surface area contributed by atoms with E-state index in [1.54, 1.807) is 13.8 Å². The zero-order valence-electron chi connectivity index (χ0n) is 10.5. The molecule has 100 valence electrons. The summed E-state index contributed by atoms with van der Waals surface area (Å²) >= 11 is 2.27. The Morgan fingerprint density at radius 2 is 1.83 bits per heavy atom. The molecule has 0 radical (unpaired) electrons. The van der Waals surface area contributed by atoms with Crippen LogP contribution >= 0.6 is 15.9 Å². The number of carboxylic acids is 1. The molecule has 0 unspecified atom stereocenters. The van der Waals surface area contributed by atoms with Crippen molar-refractivity contribution in [3.05, 3.63) is 28.1 Å². The van der Waals surface area contributed by atoms with E-state index in [9.17, 15) is 18.7 Å². The van der Waals surface area contributed by atoms with Crippen molar-refractivity contribution >= 4 is 21.9 Å². The van der Waals surface area contributed by atoms with E-state index >= 15 is 0 Å². The van der Waals surface area contributed by atoms with Crippen LogP contribution in [0.2, 0.25) is 0 Å². The third-order valence-corrected chi connectivity index (χ3v) is 3.19. The largest absolute Gasteiger partial charge is 0.478 e. The number of aromatic nitrogens is 1. The van der Waals surface area contributed by atoms with E-state index in [1.165, 1.54) is 13.8 Å². The molecule has 0 saturated heterocycles. The molecule has 0 aliphatic carbocycles. The van der Waals surface area contributed by atoms with Gasteiger partial charge in [-0.3, -0.25) is 0 Å². The summed E-state index contributed by atoms with van der Waals surface area (Å²) in [4.78, 5) is 11.8. The molecule has 1 rings (SSSR count). The second kappa shape index (κ2) is 4.91. The summed E-state index contributed by atoms with van der Waals surface area (Å²) in [6.07, 6.45) is 0. The van der Waals surface area contributed by atoms with Gasteiger partial charge in [0.25, 0.3) is 0 Å². The molecular formula is C12H14BrF2NO2. The van der Waals surface area contributed by atoms with Crippen LogP contribution in [-0.4, -0.2) is 16.1 Å². The lowest BCUT2D eigenvalue weighted by molar-refractivity contribution is 0.0691. The van der Waals surface area contributed by atoms with Gasteiger partial charge in [-0.1, -0.05) is 13.8 Å². The normalized spacial score (nSPS) is 12.0. The minimum atomic E-state index is -3.26. The van der Waals surface area contributed by atoms with Gasteiger partial charge in [0.05, 0.1) is 11.3 Å². The lowest BCUT2D eigenvalue weighted by Crippen LogP contribution is -2.17. The molecule has 6 heteroatoms. The third kappa shape index (κ3) is 2.68. The van der Waals surface area contributed by atoms with Gasteiger partial charge >= 0.3 is 10.8 Å². The Labute approximate surface area is 112 Å². The first-order valence-corrected chi connectivity index (χ1v) is 6.18. The van der Waals surface area contributed by atoms with Crippen LogP contribution in [0.25, 0.3) is 0 Å². The molecule has 0 aliphatic heterocycles. The standard InChI is InChI=1S/C12H14BrF2NO2/c1-5(2)9-8(11(17)18)6(3)7(4)10(16-9)12(13,14)15/h5H,1-4H3,(H,17,18). The van der Waals surface area contributed by atoms with E-state index in [0.717, 1.165) is 0 Å². The van der Waals surface area contributed by atoms with Crippen LogP contribution in [0.3, 0.4) is 0 Å². The molecule has 0 bridgehead atoms. The van der Waals surface area contributed by atoms with Crippen molar-refractivity contribution in [1.29, 1.82) is 0 Å². The van der Waals surface area contributed by atoms with Crippen molar-refractivity contribution in [2.45, 2.75) is 38.4 Å². The fourth-order valence-electron chi connectivity index (χ4n) is 1.78. The van der Waals surface area contributed by atoms with Gasteiger partial charge in [0, 0.05) is 0 Å². The molecule has 1 aromatic rings.